The van der Waals surface area contributed by atoms with Gasteiger partial charge < -0.3 is 5.32 Å². The summed E-state index contributed by atoms with van der Waals surface area (Å²) >= 11 is 0. The number of carbonyl (C=O) groups excluding carboxylic acids is 1. The quantitative estimate of drug-likeness (QED) is 0.759. The Balaban J connectivity index is 2.15. The third kappa shape index (κ3) is 5.58. The van der Waals surface area contributed by atoms with E-state index in [0.29, 0.717) is 11.6 Å². The molecule has 5 nitrogen and oxygen atoms in total. The van der Waals surface area contributed by atoms with Crippen LogP contribution in [0.4, 0.5) is 5.69 Å². The third-order valence-corrected chi connectivity index (χ3v) is 6.08. The summed E-state index contributed by atoms with van der Waals surface area (Å²) in [6.07, 6.45) is 1.11. The Labute approximate surface area is 168 Å². The Morgan fingerprint density at radius 3 is 2.04 bits per heavy atom. The van der Waals surface area contributed by atoms with E-state index in [1.54, 1.807) is 12.1 Å². The van der Waals surface area contributed by atoms with Gasteiger partial charge in [-0.3, -0.25) is 9.10 Å². The van der Waals surface area contributed by atoms with Crippen LogP contribution in [0.2, 0.25) is 0 Å². The van der Waals surface area contributed by atoms with Gasteiger partial charge in [-0.2, -0.15) is 0 Å². The molecule has 0 radical (unpaired) electrons. The Kier molecular flexibility index (Phi) is 6.88. The molecule has 0 aliphatic rings. The first-order valence-electron chi connectivity index (χ1n) is 9.43. The van der Waals surface area contributed by atoms with Crippen LogP contribution in [0.5, 0.6) is 0 Å². The molecule has 0 heterocycles. The van der Waals surface area contributed by atoms with Crippen LogP contribution in [0.1, 0.15) is 55.0 Å². The summed E-state index contributed by atoms with van der Waals surface area (Å²) < 4.78 is 25.7. The fraction of sp³-hybridized carbons (Fsp3) is 0.409. The topological polar surface area (TPSA) is 66.5 Å². The van der Waals surface area contributed by atoms with Gasteiger partial charge in [-0.1, -0.05) is 44.2 Å². The van der Waals surface area contributed by atoms with Crippen molar-refractivity contribution in [2.45, 2.75) is 46.6 Å². The highest BCUT2D eigenvalue weighted by atomic mass is 32.2. The maximum Gasteiger partial charge on any atom is 0.241 e. The summed E-state index contributed by atoms with van der Waals surface area (Å²) in [5.41, 5.74) is 4.94. The molecule has 28 heavy (non-hydrogen) atoms. The molecule has 0 fully saturated rings. The highest BCUT2D eigenvalue weighted by Crippen LogP contribution is 2.22. The largest absolute Gasteiger partial charge is 0.348 e. The molecule has 2 rings (SSSR count). The Hall–Kier alpha value is -2.34. The van der Waals surface area contributed by atoms with Crippen LogP contribution < -0.4 is 9.62 Å². The highest BCUT2D eigenvalue weighted by molar-refractivity contribution is 7.92. The molecule has 0 aromatic heterocycles. The first kappa shape index (κ1) is 22.0. The van der Waals surface area contributed by atoms with E-state index in [1.807, 2.05) is 51.1 Å². The highest BCUT2D eigenvalue weighted by Gasteiger charge is 2.22. The summed E-state index contributed by atoms with van der Waals surface area (Å²) in [6.45, 7) is 9.85. The van der Waals surface area contributed by atoms with Crippen molar-refractivity contribution in [3.63, 3.8) is 0 Å². The lowest BCUT2D eigenvalue weighted by Gasteiger charge is -2.24. The zero-order valence-electron chi connectivity index (χ0n) is 17.5. The molecule has 1 amide bonds. The van der Waals surface area contributed by atoms with E-state index in [4.69, 9.17) is 0 Å². The zero-order chi connectivity index (χ0) is 21.1. The third-order valence-electron chi connectivity index (χ3n) is 4.94. The van der Waals surface area contributed by atoms with E-state index in [9.17, 15) is 13.2 Å². The standard InChI is InChI=1S/C22H30N2O3S/c1-15(2)19-9-11-21(12-10-19)24(28(6,26)27)14-22(25)23-18(5)20-8-7-16(3)17(4)13-20/h7-13,15,18H,14H2,1-6H3,(H,23,25). The van der Waals surface area contributed by atoms with E-state index in [2.05, 4.69) is 19.2 Å². The van der Waals surface area contributed by atoms with Crippen LogP contribution in [0.15, 0.2) is 42.5 Å². The van der Waals surface area contributed by atoms with Gasteiger partial charge in [-0.05, 0) is 61.1 Å². The van der Waals surface area contributed by atoms with Crippen molar-refractivity contribution in [3.8, 4) is 0 Å². The van der Waals surface area contributed by atoms with Crippen LogP contribution in [-0.4, -0.2) is 27.1 Å². The number of carbonyl (C=O) groups is 1. The number of hydrogen-bond donors (Lipinski definition) is 1. The number of rotatable bonds is 7. The first-order valence-corrected chi connectivity index (χ1v) is 11.3. The molecule has 0 aliphatic heterocycles. The molecule has 0 saturated heterocycles. The maximum atomic E-state index is 12.6. The molecule has 0 saturated carbocycles. The number of nitrogens with zero attached hydrogens (tertiary/aromatic N) is 1. The lowest BCUT2D eigenvalue weighted by Crippen LogP contribution is -2.41. The minimum atomic E-state index is -3.59. The van der Waals surface area contributed by atoms with E-state index >= 15 is 0 Å². The lowest BCUT2D eigenvalue weighted by molar-refractivity contribution is -0.120. The normalized spacial score (nSPS) is 12.7. The van der Waals surface area contributed by atoms with E-state index in [-0.39, 0.29) is 18.5 Å². The van der Waals surface area contributed by atoms with Crippen LogP contribution in [0, 0.1) is 13.8 Å². The average Bonchev–Trinajstić information content (AvgIpc) is 2.61. The molecule has 0 bridgehead atoms. The smallest absolute Gasteiger partial charge is 0.241 e. The number of sulfonamides is 1. The number of amides is 1. The van der Waals surface area contributed by atoms with Gasteiger partial charge in [-0.15, -0.1) is 0 Å². The molecule has 1 N–H and O–H groups in total. The van der Waals surface area contributed by atoms with Gasteiger partial charge in [0.05, 0.1) is 18.0 Å². The number of aryl methyl sites for hydroxylation is 2. The molecule has 152 valence electrons. The number of nitrogens with one attached hydrogen (secondary N) is 1. The van der Waals surface area contributed by atoms with Crippen molar-refractivity contribution < 1.29 is 13.2 Å². The lowest BCUT2D eigenvalue weighted by atomic mass is 10.0. The molecule has 6 heteroatoms. The number of hydrogen-bond acceptors (Lipinski definition) is 3. The van der Waals surface area contributed by atoms with Crippen LogP contribution in [-0.2, 0) is 14.8 Å². The van der Waals surface area contributed by atoms with Gasteiger partial charge in [0.1, 0.15) is 6.54 Å². The van der Waals surface area contributed by atoms with Crippen molar-refractivity contribution in [3.05, 3.63) is 64.7 Å². The molecule has 2 aromatic rings. The second-order valence-corrected chi connectivity index (χ2v) is 9.56. The van der Waals surface area contributed by atoms with Crippen molar-refractivity contribution in [2.24, 2.45) is 0 Å². The molecule has 1 atom stereocenters. The molecule has 2 aromatic carbocycles. The van der Waals surface area contributed by atoms with E-state index in [1.165, 1.54) is 5.56 Å². The molecule has 1 unspecified atom stereocenters. The number of benzene rings is 2. The molecule has 0 spiro atoms. The SMILES string of the molecule is Cc1ccc(C(C)NC(=O)CN(c2ccc(C(C)C)cc2)S(C)(=O)=O)cc1C. The summed E-state index contributed by atoms with van der Waals surface area (Å²) in [4.78, 5) is 12.6. The summed E-state index contributed by atoms with van der Waals surface area (Å²) in [5.74, 6) is 0.00642. The monoisotopic (exact) mass is 402 g/mol. The van der Waals surface area contributed by atoms with Gasteiger partial charge in [0.2, 0.25) is 15.9 Å². The Morgan fingerprint density at radius 1 is 0.964 bits per heavy atom. The molecule has 0 aliphatic carbocycles. The minimum absolute atomic E-state index is 0.212. The Bertz CT molecular complexity index is 935. The van der Waals surface area contributed by atoms with Crippen molar-refractivity contribution in [2.75, 3.05) is 17.1 Å². The van der Waals surface area contributed by atoms with E-state index < -0.39 is 10.0 Å². The fourth-order valence-electron chi connectivity index (χ4n) is 2.96. The molecular formula is C22H30N2O3S. The van der Waals surface area contributed by atoms with Crippen molar-refractivity contribution in [1.82, 2.24) is 5.32 Å². The maximum absolute atomic E-state index is 12.6. The summed E-state index contributed by atoms with van der Waals surface area (Å²) in [6, 6.07) is 13.1. The van der Waals surface area contributed by atoms with Gasteiger partial charge in [-0.25, -0.2) is 8.42 Å². The van der Waals surface area contributed by atoms with Crippen molar-refractivity contribution in [1.29, 1.82) is 0 Å². The van der Waals surface area contributed by atoms with Crippen LogP contribution in [0.25, 0.3) is 0 Å². The predicted molar refractivity (Wildman–Crippen MR) is 115 cm³/mol. The van der Waals surface area contributed by atoms with Gasteiger partial charge in [0.15, 0.2) is 0 Å². The van der Waals surface area contributed by atoms with E-state index in [0.717, 1.165) is 27.3 Å². The second kappa shape index (κ2) is 8.78. The number of anilines is 1. The van der Waals surface area contributed by atoms with Crippen LogP contribution >= 0.6 is 0 Å². The van der Waals surface area contributed by atoms with Gasteiger partial charge >= 0.3 is 0 Å². The van der Waals surface area contributed by atoms with Crippen molar-refractivity contribution >= 4 is 21.6 Å². The average molecular weight is 403 g/mol. The van der Waals surface area contributed by atoms with Gasteiger partial charge in [0.25, 0.3) is 0 Å². The fourth-order valence-corrected chi connectivity index (χ4v) is 3.82. The summed E-state index contributed by atoms with van der Waals surface area (Å²) in [5, 5.41) is 2.90. The molecular weight excluding hydrogens is 372 g/mol. The summed E-state index contributed by atoms with van der Waals surface area (Å²) in [7, 11) is -3.59. The minimum Gasteiger partial charge on any atom is -0.348 e. The zero-order valence-corrected chi connectivity index (χ0v) is 18.3. The predicted octanol–water partition coefficient (Wildman–Crippen LogP) is 4.07. The van der Waals surface area contributed by atoms with Crippen LogP contribution in [0.3, 0.4) is 0 Å². The van der Waals surface area contributed by atoms with Gasteiger partial charge in [0, 0.05) is 0 Å². The second-order valence-electron chi connectivity index (χ2n) is 7.65. The Morgan fingerprint density at radius 2 is 1.54 bits per heavy atom. The first-order chi connectivity index (χ1) is 13.0.